The molecular formula is C12H16N4O. The minimum absolute atomic E-state index is 0.00531. The van der Waals surface area contributed by atoms with E-state index in [1.54, 1.807) is 12.4 Å². The van der Waals surface area contributed by atoms with Gasteiger partial charge in [0.1, 0.15) is 0 Å². The van der Waals surface area contributed by atoms with Crippen molar-refractivity contribution in [1.29, 1.82) is 0 Å². The normalized spacial score (nSPS) is 14.5. The Kier molecular flexibility index (Phi) is 3.49. The summed E-state index contributed by atoms with van der Waals surface area (Å²) in [6, 6.07) is 3.70. The van der Waals surface area contributed by atoms with E-state index in [0.717, 1.165) is 12.0 Å². The van der Waals surface area contributed by atoms with Crippen LogP contribution in [0.5, 0.6) is 0 Å². The molecule has 0 radical (unpaired) electrons. The lowest BCUT2D eigenvalue weighted by atomic mass is 9.99. The Hall–Kier alpha value is -1.75. The summed E-state index contributed by atoms with van der Waals surface area (Å²) in [5.74, 6) is 1.30. The minimum Gasteiger partial charge on any atom is -0.339 e. The van der Waals surface area contributed by atoms with Crippen LogP contribution in [0.25, 0.3) is 11.4 Å². The molecule has 0 saturated heterocycles. The molecule has 5 nitrogen and oxygen atoms in total. The average Bonchev–Trinajstić information content (AvgIpc) is 2.80. The fourth-order valence-electron chi connectivity index (χ4n) is 1.78. The van der Waals surface area contributed by atoms with Gasteiger partial charge in [-0.25, -0.2) is 0 Å². The summed E-state index contributed by atoms with van der Waals surface area (Å²) in [6.07, 6.45) is 4.29. The topological polar surface area (TPSA) is 77.8 Å². The van der Waals surface area contributed by atoms with E-state index in [1.807, 2.05) is 19.1 Å². The monoisotopic (exact) mass is 232 g/mol. The van der Waals surface area contributed by atoms with Gasteiger partial charge in [-0.3, -0.25) is 4.98 Å². The molecule has 2 heterocycles. The third kappa shape index (κ3) is 2.50. The second kappa shape index (κ2) is 5.05. The Bertz CT molecular complexity index is 466. The highest BCUT2D eigenvalue weighted by molar-refractivity contribution is 5.52. The quantitative estimate of drug-likeness (QED) is 0.872. The van der Waals surface area contributed by atoms with Crippen LogP contribution in [0.1, 0.15) is 32.1 Å². The SMILES string of the molecule is CCC(c1nc(-c2ccncc2)no1)C(C)N. The van der Waals surface area contributed by atoms with Gasteiger partial charge in [0, 0.05) is 24.0 Å². The molecule has 0 amide bonds. The first-order valence-electron chi connectivity index (χ1n) is 5.72. The van der Waals surface area contributed by atoms with Gasteiger partial charge in [0.2, 0.25) is 11.7 Å². The fraction of sp³-hybridized carbons (Fsp3) is 0.417. The number of nitrogens with zero attached hydrogens (tertiary/aromatic N) is 3. The Balaban J connectivity index is 2.27. The fourth-order valence-corrected chi connectivity index (χ4v) is 1.78. The molecule has 0 aliphatic rings. The van der Waals surface area contributed by atoms with Gasteiger partial charge in [-0.1, -0.05) is 12.1 Å². The third-order valence-electron chi connectivity index (χ3n) is 2.77. The molecule has 0 bridgehead atoms. The molecule has 2 aromatic rings. The molecule has 0 spiro atoms. The highest BCUT2D eigenvalue weighted by atomic mass is 16.5. The van der Waals surface area contributed by atoms with Crippen molar-refractivity contribution < 1.29 is 4.52 Å². The molecule has 2 rings (SSSR count). The van der Waals surface area contributed by atoms with Crippen molar-refractivity contribution in [3.05, 3.63) is 30.4 Å². The summed E-state index contributed by atoms with van der Waals surface area (Å²) in [7, 11) is 0. The van der Waals surface area contributed by atoms with Crippen LogP contribution < -0.4 is 5.73 Å². The minimum atomic E-state index is 0.00531. The second-order valence-electron chi connectivity index (χ2n) is 4.07. The summed E-state index contributed by atoms with van der Waals surface area (Å²) in [4.78, 5) is 8.34. The van der Waals surface area contributed by atoms with Crippen molar-refractivity contribution >= 4 is 0 Å². The van der Waals surface area contributed by atoms with E-state index >= 15 is 0 Å². The number of hydrogen-bond donors (Lipinski definition) is 1. The molecule has 0 fully saturated rings. The van der Waals surface area contributed by atoms with Crippen molar-refractivity contribution in [2.24, 2.45) is 5.73 Å². The first-order chi connectivity index (χ1) is 8.22. The largest absolute Gasteiger partial charge is 0.339 e. The van der Waals surface area contributed by atoms with Crippen LogP contribution in [-0.4, -0.2) is 21.2 Å². The van der Waals surface area contributed by atoms with E-state index in [0.29, 0.717) is 11.7 Å². The van der Waals surface area contributed by atoms with Gasteiger partial charge in [-0.15, -0.1) is 0 Å². The molecule has 0 saturated carbocycles. The van der Waals surface area contributed by atoms with Crippen molar-refractivity contribution in [3.63, 3.8) is 0 Å². The van der Waals surface area contributed by atoms with Crippen molar-refractivity contribution in [3.8, 4) is 11.4 Å². The summed E-state index contributed by atoms with van der Waals surface area (Å²) in [5.41, 5.74) is 6.79. The zero-order valence-electron chi connectivity index (χ0n) is 10.00. The first kappa shape index (κ1) is 11.7. The second-order valence-corrected chi connectivity index (χ2v) is 4.07. The lowest BCUT2D eigenvalue weighted by Crippen LogP contribution is -2.24. The van der Waals surface area contributed by atoms with Gasteiger partial charge in [-0.2, -0.15) is 4.98 Å². The molecule has 17 heavy (non-hydrogen) atoms. The summed E-state index contributed by atoms with van der Waals surface area (Å²) < 4.78 is 5.27. The first-order valence-corrected chi connectivity index (χ1v) is 5.72. The van der Waals surface area contributed by atoms with E-state index in [9.17, 15) is 0 Å². The van der Waals surface area contributed by atoms with Crippen molar-refractivity contribution in [2.75, 3.05) is 0 Å². The van der Waals surface area contributed by atoms with Crippen LogP contribution in [0.4, 0.5) is 0 Å². The number of aromatic nitrogens is 3. The van der Waals surface area contributed by atoms with Crippen LogP contribution >= 0.6 is 0 Å². The summed E-state index contributed by atoms with van der Waals surface area (Å²) >= 11 is 0. The maximum absolute atomic E-state index is 5.89. The number of pyridine rings is 1. The van der Waals surface area contributed by atoms with Gasteiger partial charge < -0.3 is 10.3 Å². The maximum Gasteiger partial charge on any atom is 0.231 e. The Morgan fingerprint density at radius 1 is 1.35 bits per heavy atom. The Morgan fingerprint density at radius 3 is 2.65 bits per heavy atom. The van der Waals surface area contributed by atoms with E-state index in [1.165, 1.54) is 0 Å². The third-order valence-corrected chi connectivity index (χ3v) is 2.77. The van der Waals surface area contributed by atoms with Crippen LogP contribution in [0.3, 0.4) is 0 Å². The van der Waals surface area contributed by atoms with E-state index < -0.39 is 0 Å². The molecular weight excluding hydrogens is 216 g/mol. The zero-order chi connectivity index (χ0) is 12.3. The van der Waals surface area contributed by atoms with E-state index in [2.05, 4.69) is 22.0 Å². The Labute approximate surface area is 100 Å². The average molecular weight is 232 g/mol. The highest BCUT2D eigenvalue weighted by Gasteiger charge is 2.21. The predicted molar refractivity (Wildman–Crippen MR) is 64.2 cm³/mol. The van der Waals surface area contributed by atoms with Crippen LogP contribution in [0, 0.1) is 0 Å². The summed E-state index contributed by atoms with van der Waals surface area (Å²) in [5, 5.41) is 3.97. The molecule has 2 aromatic heterocycles. The molecule has 2 N–H and O–H groups in total. The molecule has 5 heteroatoms. The molecule has 0 aromatic carbocycles. The Morgan fingerprint density at radius 2 is 2.06 bits per heavy atom. The molecule has 2 unspecified atom stereocenters. The molecule has 2 atom stereocenters. The number of hydrogen-bond acceptors (Lipinski definition) is 5. The van der Waals surface area contributed by atoms with Crippen LogP contribution in [0.15, 0.2) is 29.0 Å². The smallest absolute Gasteiger partial charge is 0.231 e. The maximum atomic E-state index is 5.89. The van der Waals surface area contributed by atoms with Crippen molar-refractivity contribution in [2.45, 2.75) is 32.2 Å². The van der Waals surface area contributed by atoms with Gasteiger partial charge in [-0.05, 0) is 25.5 Å². The number of nitrogens with two attached hydrogens (primary N) is 1. The zero-order valence-corrected chi connectivity index (χ0v) is 10.00. The lowest BCUT2D eigenvalue weighted by Gasteiger charge is -2.13. The molecule has 0 aliphatic carbocycles. The molecule has 0 aliphatic heterocycles. The van der Waals surface area contributed by atoms with Crippen LogP contribution in [-0.2, 0) is 0 Å². The van der Waals surface area contributed by atoms with Crippen LogP contribution in [0.2, 0.25) is 0 Å². The summed E-state index contributed by atoms with van der Waals surface area (Å²) in [6.45, 7) is 4.01. The van der Waals surface area contributed by atoms with E-state index in [-0.39, 0.29) is 12.0 Å². The predicted octanol–water partition coefficient (Wildman–Crippen LogP) is 1.97. The van der Waals surface area contributed by atoms with Gasteiger partial charge in [0.25, 0.3) is 0 Å². The number of rotatable bonds is 4. The standard InChI is InChI=1S/C12H16N4O/c1-3-10(8(2)13)12-15-11(16-17-12)9-4-6-14-7-5-9/h4-8,10H,3,13H2,1-2H3. The van der Waals surface area contributed by atoms with Crippen molar-refractivity contribution in [1.82, 2.24) is 15.1 Å². The van der Waals surface area contributed by atoms with E-state index in [4.69, 9.17) is 10.3 Å². The van der Waals surface area contributed by atoms with Gasteiger partial charge in [0.15, 0.2) is 0 Å². The van der Waals surface area contributed by atoms with Gasteiger partial charge >= 0.3 is 0 Å². The van der Waals surface area contributed by atoms with Gasteiger partial charge in [0.05, 0.1) is 5.92 Å². The highest BCUT2D eigenvalue weighted by Crippen LogP contribution is 2.23. The molecule has 90 valence electrons. The lowest BCUT2D eigenvalue weighted by molar-refractivity contribution is 0.334.